The minimum absolute atomic E-state index is 0. The molecule has 0 saturated heterocycles. The molecule has 0 fully saturated rings. The number of rotatable bonds is 0. The van der Waals surface area contributed by atoms with Crippen LogP contribution in [0, 0.1) is 0 Å². The Balaban J connectivity index is 0. The van der Waals surface area contributed by atoms with E-state index in [1.807, 2.05) is 0 Å². The van der Waals surface area contributed by atoms with Crippen LogP contribution in [0.2, 0.25) is 0 Å². The third-order valence-corrected chi connectivity index (χ3v) is 0. The Morgan fingerprint density at radius 2 is 0.222 bits per heavy atom. The van der Waals surface area contributed by atoms with Crippen LogP contribution >= 0.6 is 0 Å². The molecule has 0 aliphatic heterocycles. The van der Waals surface area contributed by atoms with E-state index in [0.29, 0.717) is 0 Å². The van der Waals surface area contributed by atoms with Gasteiger partial charge in [0.05, 0.1) is 0 Å². The molecule has 0 aliphatic carbocycles. The number of hydrogen-bond acceptors (Lipinski definition) is 0. The van der Waals surface area contributed by atoms with Crippen molar-refractivity contribution in [1.82, 2.24) is 0 Å². The van der Waals surface area contributed by atoms with E-state index in [9.17, 15) is 0 Å². The Bertz CT molecular complexity index is 6.88. The molecule has 0 heterocycles. The quantitative estimate of drug-likeness (QED) is 0.369. The second-order valence-electron chi connectivity index (χ2n) is 0. The molecule has 0 amide bonds. The van der Waals surface area contributed by atoms with Crippen LogP contribution in [0.1, 0.15) is 0 Å². The molecule has 0 saturated carbocycles. The monoisotopic (exact) mass is 254 g/mol. The van der Waals surface area contributed by atoms with E-state index in [1.54, 1.807) is 0 Å². The summed E-state index contributed by atoms with van der Waals surface area (Å²) in [5, 5.41) is 0. The molecule has 0 aliphatic rings. The molecule has 60 valence electrons. The zero-order chi connectivity index (χ0) is 0. The normalized spacial score (nSPS) is 0. The summed E-state index contributed by atoms with van der Waals surface area (Å²) >= 11 is 0. The molecule has 0 bridgehead atoms. The average Bonchev–Trinajstić information content (AvgIpc) is 0. The van der Waals surface area contributed by atoms with Crippen LogP contribution in [-0.4, -0.2) is 38.3 Å². The van der Waals surface area contributed by atoms with Crippen molar-refractivity contribution < 1.29 is 77.3 Å². The van der Waals surface area contributed by atoms with E-state index >= 15 is 0 Å². The van der Waals surface area contributed by atoms with Gasteiger partial charge in [0.15, 0.2) is 0 Å². The van der Waals surface area contributed by atoms with Gasteiger partial charge in [0.25, 0.3) is 0 Å². The van der Waals surface area contributed by atoms with Crippen LogP contribution in [0.3, 0.4) is 0 Å². The first-order valence-corrected chi connectivity index (χ1v) is 0. The van der Waals surface area contributed by atoms with Crippen molar-refractivity contribution in [2.75, 3.05) is 0 Å². The van der Waals surface area contributed by atoms with Crippen molar-refractivity contribution in [2.45, 2.75) is 0 Å². The molecule has 0 rings (SSSR count). The first-order chi connectivity index (χ1) is 0. The SMILES string of the molecule is O.O.O.O.O.O.O.[Zn].[Zn]. The predicted molar refractivity (Wildman–Crippen MR) is 25.3 cm³/mol. The summed E-state index contributed by atoms with van der Waals surface area (Å²) in [6.45, 7) is 0. The Hall–Kier alpha value is 0.967. The van der Waals surface area contributed by atoms with Crippen LogP contribution in [0.25, 0.3) is 0 Å². The molecule has 9 heavy (non-hydrogen) atoms. The fourth-order valence-corrected chi connectivity index (χ4v) is 0. The molecular formula is H14O7Zn2. The Labute approximate surface area is 77.5 Å². The maximum Gasteiger partial charge on any atom is 0 e. The summed E-state index contributed by atoms with van der Waals surface area (Å²) in [6, 6.07) is 0. The molecule has 14 N–H and O–H groups in total. The fourth-order valence-electron chi connectivity index (χ4n) is 0. The third-order valence-electron chi connectivity index (χ3n) is 0. The maximum absolute atomic E-state index is 0. The summed E-state index contributed by atoms with van der Waals surface area (Å²) in [5.74, 6) is 0. The summed E-state index contributed by atoms with van der Waals surface area (Å²) in [4.78, 5) is 0. The predicted octanol–water partition coefficient (Wildman–Crippen LogP) is -5.78. The standard InChI is InChI=1S/7H2O.2Zn/h7*1H2;;. The van der Waals surface area contributed by atoms with Gasteiger partial charge in [-0.05, 0) is 0 Å². The van der Waals surface area contributed by atoms with Crippen molar-refractivity contribution in [1.29, 1.82) is 0 Å². The van der Waals surface area contributed by atoms with Gasteiger partial charge in [0, 0.05) is 39.0 Å². The van der Waals surface area contributed by atoms with E-state index in [1.165, 1.54) is 0 Å². The smallest absolute Gasteiger partial charge is 0 e. The summed E-state index contributed by atoms with van der Waals surface area (Å²) in [6.07, 6.45) is 0. The Kier molecular flexibility index (Phi) is 58000. The van der Waals surface area contributed by atoms with Crippen molar-refractivity contribution in [3.05, 3.63) is 0 Å². The van der Waals surface area contributed by atoms with Gasteiger partial charge in [0.1, 0.15) is 0 Å². The first kappa shape index (κ1) is 857. The van der Waals surface area contributed by atoms with Gasteiger partial charge in [-0.15, -0.1) is 0 Å². The van der Waals surface area contributed by atoms with E-state index in [-0.39, 0.29) is 77.3 Å². The van der Waals surface area contributed by atoms with Gasteiger partial charge >= 0.3 is 0 Å². The van der Waals surface area contributed by atoms with Crippen molar-refractivity contribution in [3.8, 4) is 0 Å². The maximum atomic E-state index is 0. The minimum Gasteiger partial charge on any atom is -0.412 e. The Morgan fingerprint density at radius 1 is 0.222 bits per heavy atom. The molecule has 9 heteroatoms. The molecular weight excluding hydrogens is 243 g/mol. The van der Waals surface area contributed by atoms with E-state index in [4.69, 9.17) is 0 Å². The van der Waals surface area contributed by atoms with Gasteiger partial charge in [-0.25, -0.2) is 0 Å². The van der Waals surface area contributed by atoms with Crippen molar-refractivity contribution in [3.63, 3.8) is 0 Å². The van der Waals surface area contributed by atoms with Crippen molar-refractivity contribution >= 4 is 0 Å². The summed E-state index contributed by atoms with van der Waals surface area (Å²) < 4.78 is 0. The van der Waals surface area contributed by atoms with Gasteiger partial charge in [-0.3, -0.25) is 0 Å². The molecule has 0 radical (unpaired) electrons. The zero-order valence-electron chi connectivity index (χ0n) is 4.91. The molecule has 0 unspecified atom stereocenters. The topological polar surface area (TPSA) is 220 Å². The van der Waals surface area contributed by atoms with Gasteiger partial charge in [-0.2, -0.15) is 0 Å². The third kappa shape index (κ3) is 466. The van der Waals surface area contributed by atoms with Crippen LogP contribution in [0.5, 0.6) is 0 Å². The minimum atomic E-state index is 0. The van der Waals surface area contributed by atoms with Crippen LogP contribution < -0.4 is 0 Å². The van der Waals surface area contributed by atoms with Gasteiger partial charge in [0.2, 0.25) is 0 Å². The van der Waals surface area contributed by atoms with E-state index in [0.717, 1.165) is 0 Å². The Morgan fingerprint density at radius 3 is 0.222 bits per heavy atom. The van der Waals surface area contributed by atoms with Crippen LogP contribution in [-0.2, 0) is 39.0 Å². The molecule has 0 aromatic rings. The van der Waals surface area contributed by atoms with Crippen LogP contribution in [0.15, 0.2) is 0 Å². The molecule has 0 aromatic heterocycles. The van der Waals surface area contributed by atoms with Crippen LogP contribution in [0.4, 0.5) is 0 Å². The largest absolute Gasteiger partial charge is 0.412 e. The van der Waals surface area contributed by atoms with Gasteiger partial charge in [-0.1, -0.05) is 0 Å². The van der Waals surface area contributed by atoms with Gasteiger partial charge < -0.3 is 38.3 Å². The zero-order valence-corrected chi connectivity index (χ0v) is 10.8. The van der Waals surface area contributed by atoms with E-state index in [2.05, 4.69) is 0 Å². The molecule has 0 atom stereocenters. The average molecular weight is 257 g/mol. The summed E-state index contributed by atoms with van der Waals surface area (Å²) in [5.41, 5.74) is 0. The molecule has 0 aromatic carbocycles. The second-order valence-corrected chi connectivity index (χ2v) is 0. The van der Waals surface area contributed by atoms with E-state index < -0.39 is 0 Å². The van der Waals surface area contributed by atoms with Crippen molar-refractivity contribution in [2.24, 2.45) is 0 Å². The fraction of sp³-hybridized carbons (Fsp3) is 0. The summed E-state index contributed by atoms with van der Waals surface area (Å²) in [7, 11) is 0. The first-order valence-electron chi connectivity index (χ1n) is 0. The molecule has 0 spiro atoms. The second kappa shape index (κ2) is 609. The molecule has 7 nitrogen and oxygen atoms in total. The number of hydrogen-bond donors (Lipinski definition) is 0.